The number of aromatic carboxylic acids is 1. The third-order valence-electron chi connectivity index (χ3n) is 2.74. The Morgan fingerprint density at radius 3 is 2.38 bits per heavy atom. The van der Waals surface area contributed by atoms with Gasteiger partial charge in [0.25, 0.3) is 5.91 Å². The molecule has 0 unspecified atom stereocenters. The summed E-state index contributed by atoms with van der Waals surface area (Å²) in [6.45, 7) is 0. The van der Waals surface area contributed by atoms with Crippen molar-refractivity contribution in [3.8, 4) is 6.07 Å². The molecule has 6 heteroatoms. The highest BCUT2D eigenvalue weighted by Gasteiger charge is 2.14. The van der Waals surface area contributed by atoms with E-state index in [0.29, 0.717) is 11.1 Å². The molecule has 0 saturated carbocycles. The van der Waals surface area contributed by atoms with Crippen LogP contribution in [0.1, 0.15) is 26.3 Å². The summed E-state index contributed by atoms with van der Waals surface area (Å²) in [5.74, 6) is -1.66. The topological polar surface area (TPSA) is 90.2 Å². The van der Waals surface area contributed by atoms with Gasteiger partial charge in [-0.15, -0.1) is 0 Å². The number of halogens is 1. The number of hydrogen-bond acceptors (Lipinski definition) is 3. The van der Waals surface area contributed by atoms with Gasteiger partial charge in [-0.3, -0.25) is 4.79 Å². The van der Waals surface area contributed by atoms with E-state index >= 15 is 0 Å². The minimum Gasteiger partial charge on any atom is -0.478 e. The molecule has 2 aromatic rings. The van der Waals surface area contributed by atoms with Gasteiger partial charge < -0.3 is 10.4 Å². The normalized spacial score (nSPS) is 9.71. The summed E-state index contributed by atoms with van der Waals surface area (Å²) < 4.78 is 0. The second-order valence-electron chi connectivity index (χ2n) is 4.14. The maximum absolute atomic E-state index is 12.1. The largest absolute Gasteiger partial charge is 0.478 e. The van der Waals surface area contributed by atoms with Crippen molar-refractivity contribution in [2.75, 3.05) is 5.32 Å². The summed E-state index contributed by atoms with van der Waals surface area (Å²) in [6.07, 6.45) is 0. The van der Waals surface area contributed by atoms with Gasteiger partial charge >= 0.3 is 5.97 Å². The number of nitriles is 1. The molecule has 2 N–H and O–H groups in total. The van der Waals surface area contributed by atoms with Gasteiger partial charge in [0.2, 0.25) is 0 Å². The molecule has 0 atom stereocenters. The Labute approximate surface area is 125 Å². The number of nitrogens with zero attached hydrogens (tertiary/aromatic N) is 1. The minimum atomic E-state index is -1.19. The second kappa shape index (κ2) is 6.07. The summed E-state index contributed by atoms with van der Waals surface area (Å²) in [7, 11) is 0. The smallest absolute Gasteiger partial charge is 0.337 e. The molecule has 0 saturated heterocycles. The number of carboxylic acids is 1. The van der Waals surface area contributed by atoms with Crippen LogP contribution in [0.4, 0.5) is 5.69 Å². The summed E-state index contributed by atoms with van der Waals surface area (Å²) in [6, 6.07) is 12.1. The maximum atomic E-state index is 12.1. The van der Waals surface area contributed by atoms with Gasteiger partial charge in [0.05, 0.1) is 22.9 Å². The molecule has 5 nitrogen and oxygen atoms in total. The first-order valence-electron chi connectivity index (χ1n) is 5.85. The Balaban J connectivity index is 2.27. The van der Waals surface area contributed by atoms with Gasteiger partial charge in [-0.2, -0.15) is 5.26 Å². The molecule has 2 aromatic carbocycles. The van der Waals surface area contributed by atoms with Crippen LogP contribution in [-0.4, -0.2) is 17.0 Å². The molecule has 0 fully saturated rings. The van der Waals surface area contributed by atoms with Crippen molar-refractivity contribution in [3.05, 3.63) is 64.2 Å². The molecule has 2 rings (SSSR count). The van der Waals surface area contributed by atoms with Crippen LogP contribution in [0.15, 0.2) is 42.5 Å². The minimum absolute atomic E-state index is 0.0931. The number of rotatable bonds is 3. The molecule has 0 aliphatic carbocycles. The number of carboxylic acid groups (broad SMARTS) is 1. The quantitative estimate of drug-likeness (QED) is 0.911. The molecular formula is C15H9ClN2O3. The molecule has 0 spiro atoms. The first-order chi connectivity index (χ1) is 10.0. The molecule has 104 valence electrons. The lowest BCUT2D eigenvalue weighted by molar-refractivity contribution is 0.0698. The van der Waals surface area contributed by atoms with Crippen LogP contribution < -0.4 is 5.32 Å². The number of hydrogen-bond donors (Lipinski definition) is 2. The summed E-state index contributed by atoms with van der Waals surface area (Å²) in [4.78, 5) is 23.2. The van der Waals surface area contributed by atoms with Gasteiger partial charge in [-0.25, -0.2) is 4.79 Å². The van der Waals surface area contributed by atoms with Crippen molar-refractivity contribution in [2.24, 2.45) is 0 Å². The van der Waals surface area contributed by atoms with E-state index in [1.807, 2.05) is 6.07 Å². The van der Waals surface area contributed by atoms with Gasteiger partial charge in [-0.05, 0) is 42.5 Å². The van der Waals surface area contributed by atoms with Crippen molar-refractivity contribution < 1.29 is 14.7 Å². The van der Waals surface area contributed by atoms with E-state index in [4.69, 9.17) is 22.0 Å². The van der Waals surface area contributed by atoms with Crippen LogP contribution >= 0.6 is 11.6 Å². The first-order valence-corrected chi connectivity index (χ1v) is 6.23. The number of nitrogens with one attached hydrogen (secondary N) is 1. The van der Waals surface area contributed by atoms with Crippen LogP contribution in [-0.2, 0) is 0 Å². The third kappa shape index (κ3) is 3.38. The van der Waals surface area contributed by atoms with Gasteiger partial charge in [-0.1, -0.05) is 11.6 Å². The lowest BCUT2D eigenvalue weighted by Crippen LogP contribution is -2.14. The molecule has 21 heavy (non-hydrogen) atoms. The van der Waals surface area contributed by atoms with Crippen molar-refractivity contribution in [3.63, 3.8) is 0 Å². The number of anilines is 1. The standard InChI is InChI=1S/C15H9ClN2O3/c16-11-5-6-13(12(7-11)15(20)21)18-14(19)10-3-1-9(8-17)2-4-10/h1-7H,(H,18,19)(H,20,21). The highest BCUT2D eigenvalue weighted by Crippen LogP contribution is 2.21. The van der Waals surface area contributed by atoms with E-state index < -0.39 is 11.9 Å². The van der Waals surface area contributed by atoms with E-state index in [2.05, 4.69) is 5.32 Å². The Morgan fingerprint density at radius 1 is 1.14 bits per heavy atom. The van der Waals surface area contributed by atoms with Crippen molar-refractivity contribution >= 4 is 29.2 Å². The first kappa shape index (κ1) is 14.6. The highest BCUT2D eigenvalue weighted by atomic mass is 35.5. The van der Waals surface area contributed by atoms with Gasteiger partial charge in [0.15, 0.2) is 0 Å². The zero-order valence-electron chi connectivity index (χ0n) is 10.6. The van der Waals surface area contributed by atoms with Crippen LogP contribution in [0, 0.1) is 11.3 Å². The van der Waals surface area contributed by atoms with Gasteiger partial charge in [0.1, 0.15) is 0 Å². The number of carbonyl (C=O) groups is 2. The van der Waals surface area contributed by atoms with E-state index in [1.54, 1.807) is 0 Å². The highest BCUT2D eigenvalue weighted by molar-refractivity contribution is 6.31. The average Bonchev–Trinajstić information content (AvgIpc) is 2.49. The molecule has 0 aromatic heterocycles. The molecule has 0 aliphatic heterocycles. The van der Waals surface area contributed by atoms with Crippen LogP contribution in [0.5, 0.6) is 0 Å². The SMILES string of the molecule is N#Cc1ccc(C(=O)Nc2ccc(Cl)cc2C(=O)O)cc1. The Bertz CT molecular complexity index is 749. The molecule has 0 aliphatic rings. The number of carbonyl (C=O) groups excluding carboxylic acids is 1. The van der Waals surface area contributed by atoms with Gasteiger partial charge in [0, 0.05) is 10.6 Å². The number of benzene rings is 2. The van der Waals surface area contributed by atoms with Crippen LogP contribution in [0.25, 0.3) is 0 Å². The molecular weight excluding hydrogens is 292 g/mol. The fraction of sp³-hybridized carbons (Fsp3) is 0. The molecule has 0 radical (unpaired) electrons. The van der Waals surface area contributed by atoms with E-state index in [1.165, 1.54) is 42.5 Å². The molecule has 1 amide bonds. The average molecular weight is 301 g/mol. The fourth-order valence-electron chi connectivity index (χ4n) is 1.69. The zero-order chi connectivity index (χ0) is 15.4. The predicted molar refractivity (Wildman–Crippen MR) is 77.5 cm³/mol. The lowest BCUT2D eigenvalue weighted by atomic mass is 10.1. The van der Waals surface area contributed by atoms with Crippen LogP contribution in [0.3, 0.4) is 0 Å². The zero-order valence-corrected chi connectivity index (χ0v) is 11.4. The van der Waals surface area contributed by atoms with E-state index in [-0.39, 0.29) is 16.3 Å². The summed E-state index contributed by atoms with van der Waals surface area (Å²) in [5.41, 5.74) is 0.815. The van der Waals surface area contributed by atoms with E-state index in [0.717, 1.165) is 0 Å². The Morgan fingerprint density at radius 2 is 1.81 bits per heavy atom. The van der Waals surface area contributed by atoms with Crippen molar-refractivity contribution in [1.82, 2.24) is 0 Å². The maximum Gasteiger partial charge on any atom is 0.337 e. The fourth-order valence-corrected chi connectivity index (χ4v) is 1.87. The van der Waals surface area contributed by atoms with Crippen molar-refractivity contribution in [2.45, 2.75) is 0 Å². The molecule has 0 bridgehead atoms. The predicted octanol–water partition coefficient (Wildman–Crippen LogP) is 3.16. The van der Waals surface area contributed by atoms with E-state index in [9.17, 15) is 9.59 Å². The van der Waals surface area contributed by atoms with Crippen molar-refractivity contribution in [1.29, 1.82) is 5.26 Å². The summed E-state index contributed by atoms with van der Waals surface area (Å²) >= 11 is 5.74. The second-order valence-corrected chi connectivity index (χ2v) is 4.57. The number of amides is 1. The molecule has 0 heterocycles. The Kier molecular flexibility index (Phi) is 4.21. The lowest BCUT2D eigenvalue weighted by Gasteiger charge is -2.09. The summed E-state index contributed by atoms with van der Waals surface area (Å²) in [5, 5.41) is 20.6. The monoisotopic (exact) mass is 300 g/mol. The Hall–Kier alpha value is -2.84. The van der Waals surface area contributed by atoms with Crippen LogP contribution in [0.2, 0.25) is 5.02 Å². The third-order valence-corrected chi connectivity index (χ3v) is 2.97.